The maximum atomic E-state index is 12.3. The lowest BCUT2D eigenvalue weighted by Crippen LogP contribution is -2.76. The molecule has 6 nitrogen and oxygen atoms in total. The molecule has 1 spiro atoms. The van der Waals surface area contributed by atoms with E-state index in [9.17, 15) is 15.3 Å². The normalized spacial score (nSPS) is 63.7. The highest BCUT2D eigenvalue weighted by molar-refractivity contribution is 5.38. The van der Waals surface area contributed by atoms with Crippen LogP contribution in [-0.2, 0) is 9.47 Å². The van der Waals surface area contributed by atoms with Crippen LogP contribution in [0.4, 0.5) is 0 Å². The molecule has 1 saturated heterocycles. The molecule has 7 bridgehead atoms. The number of aliphatic hydroxyl groups is 3. The molecule has 4 saturated carbocycles. The average Bonchev–Trinajstić information content (AvgIpc) is 3.16. The van der Waals surface area contributed by atoms with Gasteiger partial charge in [-0.2, -0.15) is 0 Å². The van der Waals surface area contributed by atoms with Gasteiger partial charge in [-0.25, -0.2) is 0 Å². The second-order valence-corrected chi connectivity index (χ2v) is 10.4. The number of likely N-dealkylation sites (N-methyl/N-ethyl adjacent to an activating group) is 1. The Bertz CT molecular complexity index is 730. The van der Waals surface area contributed by atoms with E-state index in [1.165, 1.54) is 0 Å². The first-order valence-electron chi connectivity index (χ1n) is 11.0. The van der Waals surface area contributed by atoms with Gasteiger partial charge in [-0.3, -0.25) is 4.90 Å². The Hall–Kier alpha value is -0.500. The summed E-state index contributed by atoms with van der Waals surface area (Å²) in [5.74, 6) is 0.386. The zero-order valence-corrected chi connectivity index (χ0v) is 17.0. The second kappa shape index (κ2) is 5.40. The van der Waals surface area contributed by atoms with Gasteiger partial charge in [0.05, 0.1) is 29.5 Å². The fraction of sp³-hybridized carbons (Fsp3) is 0.909. The Morgan fingerprint density at radius 3 is 2.61 bits per heavy atom. The number of fused-ring (bicyclic) bond motifs is 2. The van der Waals surface area contributed by atoms with E-state index in [4.69, 9.17) is 9.47 Å². The molecule has 3 N–H and O–H groups in total. The number of aliphatic hydroxyl groups excluding tert-OH is 1. The molecule has 28 heavy (non-hydrogen) atoms. The standard InChI is InChI=1S/C22H33NO5/c1-4-23-10-20(25)6-5-16(24)22-12-7-11-14(27-2)9-21(26,17(12)18(11)28-3)13(19(22)23)8-15(20)22/h5-6,11-19,24-26H,4,7-10H2,1-3H3/t11-,12-,13+,14+,15-,16+,17-,18+,19-,20-,21+,22-/m1/s1. The Morgan fingerprint density at radius 1 is 1.14 bits per heavy atom. The quantitative estimate of drug-likeness (QED) is 0.605. The van der Waals surface area contributed by atoms with Crippen LogP contribution in [0.2, 0.25) is 0 Å². The number of ether oxygens (including phenoxy) is 2. The molecule has 0 aromatic carbocycles. The summed E-state index contributed by atoms with van der Waals surface area (Å²) in [5, 5.41) is 35.4. The Labute approximate surface area is 166 Å². The van der Waals surface area contributed by atoms with Crippen molar-refractivity contribution in [1.29, 1.82) is 0 Å². The maximum absolute atomic E-state index is 12.3. The van der Waals surface area contributed by atoms with E-state index in [1.54, 1.807) is 14.2 Å². The van der Waals surface area contributed by atoms with Gasteiger partial charge in [-0.05, 0) is 25.3 Å². The minimum absolute atomic E-state index is 0.00218. The van der Waals surface area contributed by atoms with Crippen molar-refractivity contribution in [3.05, 3.63) is 12.2 Å². The van der Waals surface area contributed by atoms with Crippen molar-refractivity contribution < 1.29 is 24.8 Å². The summed E-state index contributed by atoms with van der Waals surface area (Å²) in [5.41, 5.74) is -2.20. The van der Waals surface area contributed by atoms with Gasteiger partial charge in [0.1, 0.15) is 0 Å². The van der Waals surface area contributed by atoms with Gasteiger partial charge >= 0.3 is 0 Å². The van der Waals surface area contributed by atoms with Crippen LogP contribution >= 0.6 is 0 Å². The first-order valence-corrected chi connectivity index (χ1v) is 11.0. The van der Waals surface area contributed by atoms with Gasteiger partial charge in [0, 0.05) is 62.3 Å². The molecule has 0 aromatic heterocycles. The summed E-state index contributed by atoms with van der Waals surface area (Å²) in [6.45, 7) is 3.54. The molecule has 0 aromatic rings. The number of hydrogen-bond donors (Lipinski definition) is 3. The van der Waals surface area contributed by atoms with Gasteiger partial charge in [0.25, 0.3) is 0 Å². The number of β-amino-alcohol motifs (C(OH)–C–C–N with tert-alkyl or cyclic N) is 1. The lowest BCUT2D eigenvalue weighted by Gasteiger charge is -2.66. The number of nitrogens with zero attached hydrogens (tertiary/aromatic N) is 1. The van der Waals surface area contributed by atoms with Gasteiger partial charge in [0.15, 0.2) is 0 Å². The largest absolute Gasteiger partial charge is 0.389 e. The van der Waals surface area contributed by atoms with Crippen LogP contribution < -0.4 is 0 Å². The van der Waals surface area contributed by atoms with Crippen LogP contribution in [-0.4, -0.2) is 83.1 Å². The van der Waals surface area contributed by atoms with Crippen molar-refractivity contribution in [3.63, 3.8) is 0 Å². The third-order valence-corrected chi connectivity index (χ3v) is 10.1. The van der Waals surface area contributed by atoms with E-state index in [0.29, 0.717) is 13.0 Å². The van der Waals surface area contributed by atoms with Crippen LogP contribution in [0.5, 0.6) is 0 Å². The molecule has 12 atom stereocenters. The number of likely N-dealkylation sites (tertiary alicyclic amines) is 1. The highest BCUT2D eigenvalue weighted by Gasteiger charge is 2.83. The Kier molecular flexibility index (Phi) is 3.52. The molecule has 0 amide bonds. The minimum atomic E-state index is -0.920. The summed E-state index contributed by atoms with van der Waals surface area (Å²) >= 11 is 0. The van der Waals surface area contributed by atoms with E-state index in [0.717, 1.165) is 19.4 Å². The van der Waals surface area contributed by atoms with Crippen molar-refractivity contribution in [3.8, 4) is 0 Å². The summed E-state index contributed by atoms with van der Waals surface area (Å²) < 4.78 is 11.9. The molecule has 0 radical (unpaired) electrons. The predicted octanol–water partition coefficient (Wildman–Crippen LogP) is 0.405. The first kappa shape index (κ1) is 18.3. The van der Waals surface area contributed by atoms with Crippen molar-refractivity contribution >= 4 is 0 Å². The van der Waals surface area contributed by atoms with Crippen LogP contribution in [0.15, 0.2) is 12.2 Å². The van der Waals surface area contributed by atoms with E-state index < -0.39 is 22.7 Å². The van der Waals surface area contributed by atoms with Gasteiger partial charge in [0.2, 0.25) is 0 Å². The smallest absolute Gasteiger partial charge is 0.0990 e. The van der Waals surface area contributed by atoms with Crippen molar-refractivity contribution in [2.24, 2.45) is 35.0 Å². The SMILES string of the molecule is CCN1C[C@]2(O)C=C[C@H](O)[C@@]34[C@@H]5C[C@H]6[C@H](OC)[C@@H]5[C@](O)(C[C@@H]6OC)[C@@H](C[C@@H]32)[C@@H]14. The monoisotopic (exact) mass is 391 g/mol. The average molecular weight is 392 g/mol. The number of piperidine rings is 1. The van der Waals surface area contributed by atoms with Crippen LogP contribution in [0.25, 0.3) is 0 Å². The molecule has 1 heterocycles. The van der Waals surface area contributed by atoms with E-state index in [2.05, 4.69) is 11.8 Å². The molecule has 156 valence electrons. The summed E-state index contributed by atoms with van der Waals surface area (Å²) in [6, 6.07) is 0.0980. The zero-order valence-electron chi connectivity index (χ0n) is 17.0. The maximum Gasteiger partial charge on any atom is 0.0990 e. The minimum Gasteiger partial charge on any atom is -0.389 e. The molecule has 6 rings (SSSR count). The molecule has 6 aliphatic rings. The molecular formula is C22H33NO5. The van der Waals surface area contributed by atoms with Gasteiger partial charge in [-0.1, -0.05) is 19.1 Å². The van der Waals surface area contributed by atoms with Crippen molar-refractivity contribution in [1.82, 2.24) is 4.90 Å². The highest BCUT2D eigenvalue weighted by Crippen LogP contribution is 2.76. The Morgan fingerprint density at radius 2 is 1.93 bits per heavy atom. The summed E-state index contributed by atoms with van der Waals surface area (Å²) in [4.78, 5) is 2.35. The molecular weight excluding hydrogens is 358 g/mol. The van der Waals surface area contributed by atoms with Crippen LogP contribution in [0.3, 0.4) is 0 Å². The van der Waals surface area contributed by atoms with Gasteiger partial charge in [-0.15, -0.1) is 0 Å². The molecule has 6 heteroatoms. The lowest BCUT2D eigenvalue weighted by molar-refractivity contribution is -0.259. The van der Waals surface area contributed by atoms with Crippen LogP contribution in [0.1, 0.15) is 26.2 Å². The fourth-order valence-electron chi connectivity index (χ4n) is 9.51. The van der Waals surface area contributed by atoms with E-state index >= 15 is 0 Å². The summed E-state index contributed by atoms with van der Waals surface area (Å²) in [7, 11) is 3.49. The predicted molar refractivity (Wildman–Crippen MR) is 101 cm³/mol. The third kappa shape index (κ3) is 1.68. The molecule has 5 aliphatic carbocycles. The number of methoxy groups -OCH3 is 2. The molecule has 1 aliphatic heterocycles. The van der Waals surface area contributed by atoms with Crippen molar-refractivity contribution in [2.45, 2.75) is 61.7 Å². The number of hydrogen-bond acceptors (Lipinski definition) is 6. The fourth-order valence-corrected chi connectivity index (χ4v) is 9.51. The molecule has 5 fully saturated rings. The third-order valence-electron chi connectivity index (χ3n) is 10.1. The summed E-state index contributed by atoms with van der Waals surface area (Å²) in [6.07, 6.45) is 5.34. The molecule has 0 unspecified atom stereocenters. The topological polar surface area (TPSA) is 82.4 Å². The van der Waals surface area contributed by atoms with Gasteiger partial charge < -0.3 is 24.8 Å². The van der Waals surface area contributed by atoms with Crippen molar-refractivity contribution in [2.75, 3.05) is 27.3 Å². The first-order chi connectivity index (χ1) is 13.4. The number of rotatable bonds is 3. The lowest BCUT2D eigenvalue weighted by atomic mass is 9.46. The van der Waals surface area contributed by atoms with E-state index in [-0.39, 0.29) is 47.8 Å². The van der Waals surface area contributed by atoms with E-state index in [1.807, 2.05) is 12.2 Å². The highest BCUT2D eigenvalue weighted by atomic mass is 16.5. The zero-order chi connectivity index (χ0) is 19.6. The Balaban J connectivity index is 1.60. The van der Waals surface area contributed by atoms with Crippen LogP contribution in [0, 0.1) is 35.0 Å². The second-order valence-electron chi connectivity index (χ2n) is 10.4.